The summed E-state index contributed by atoms with van der Waals surface area (Å²) in [5.41, 5.74) is 2.98. The van der Waals surface area contributed by atoms with Gasteiger partial charge in [0.1, 0.15) is 11.6 Å². The first kappa shape index (κ1) is 20.9. The second kappa shape index (κ2) is 8.52. The van der Waals surface area contributed by atoms with E-state index < -0.39 is 17.5 Å². The maximum atomic E-state index is 13.8. The normalized spacial score (nSPS) is 11.0. The highest BCUT2D eigenvalue weighted by atomic mass is 35.5. The number of rotatable bonds is 4. The molecule has 2 aromatic heterocycles. The summed E-state index contributed by atoms with van der Waals surface area (Å²) in [6.07, 6.45) is 3.28. The Morgan fingerprint density at radius 3 is 2.27 bits per heavy atom. The quantitative estimate of drug-likeness (QED) is 0.307. The van der Waals surface area contributed by atoms with Crippen LogP contribution < -0.4 is 5.32 Å². The summed E-state index contributed by atoms with van der Waals surface area (Å²) in [6, 6.07) is 16.9. The smallest absolute Gasteiger partial charge is 0.163 e. The first-order valence-corrected chi connectivity index (χ1v) is 10.3. The maximum Gasteiger partial charge on any atom is 0.163 e. The molecule has 8 heteroatoms. The highest BCUT2D eigenvalue weighted by Crippen LogP contribution is 2.32. The second-order valence-electron chi connectivity index (χ2n) is 7.25. The highest BCUT2D eigenvalue weighted by Gasteiger charge is 2.13. The molecule has 0 unspecified atom stereocenters. The van der Waals surface area contributed by atoms with Crippen LogP contribution in [0.5, 0.6) is 0 Å². The van der Waals surface area contributed by atoms with E-state index in [1.165, 1.54) is 18.2 Å². The molecule has 4 nitrogen and oxygen atoms in total. The fraction of sp³-hybridized carbons (Fsp3) is 0. The number of benzene rings is 3. The van der Waals surface area contributed by atoms with Gasteiger partial charge < -0.3 is 5.32 Å². The van der Waals surface area contributed by atoms with E-state index in [1.54, 1.807) is 42.7 Å². The molecule has 0 saturated heterocycles. The summed E-state index contributed by atoms with van der Waals surface area (Å²) in [7, 11) is 0. The summed E-state index contributed by atoms with van der Waals surface area (Å²) in [6.45, 7) is 0. The van der Waals surface area contributed by atoms with Crippen molar-refractivity contribution in [3.63, 3.8) is 0 Å². The minimum atomic E-state index is -0.929. The molecule has 0 amide bonds. The Hall–Kier alpha value is -3.97. The molecule has 0 fully saturated rings. The number of anilines is 2. The van der Waals surface area contributed by atoms with Gasteiger partial charge in [0.2, 0.25) is 0 Å². The topological polar surface area (TPSA) is 50.7 Å². The molecule has 3 aromatic carbocycles. The number of pyridine rings is 1. The third-order valence-corrected chi connectivity index (χ3v) is 5.34. The van der Waals surface area contributed by atoms with Gasteiger partial charge in [-0.05, 0) is 65.7 Å². The van der Waals surface area contributed by atoms with Crippen LogP contribution in [0.4, 0.5) is 24.7 Å². The molecule has 0 atom stereocenters. The Kier molecular flexibility index (Phi) is 5.40. The summed E-state index contributed by atoms with van der Waals surface area (Å²) in [5, 5.41) is 3.82. The van der Waals surface area contributed by atoms with Gasteiger partial charge in [0.05, 0.1) is 10.5 Å². The molecule has 1 N–H and O–H groups in total. The van der Waals surface area contributed by atoms with Crippen LogP contribution in [-0.2, 0) is 0 Å². The van der Waals surface area contributed by atoms with E-state index in [0.717, 1.165) is 12.1 Å². The zero-order valence-corrected chi connectivity index (χ0v) is 17.6. The third kappa shape index (κ3) is 4.23. The molecule has 0 aliphatic heterocycles. The average Bonchev–Trinajstić information content (AvgIpc) is 2.83. The van der Waals surface area contributed by atoms with Crippen molar-refractivity contribution in [3.8, 4) is 22.5 Å². The van der Waals surface area contributed by atoms with Crippen LogP contribution >= 0.6 is 11.6 Å². The van der Waals surface area contributed by atoms with Gasteiger partial charge in [-0.15, -0.1) is 0 Å². The molecule has 0 aliphatic carbocycles. The lowest BCUT2D eigenvalue weighted by Gasteiger charge is -2.13. The van der Waals surface area contributed by atoms with E-state index in [0.29, 0.717) is 44.9 Å². The molecule has 2 heterocycles. The van der Waals surface area contributed by atoms with Gasteiger partial charge in [0.15, 0.2) is 17.5 Å². The largest absolute Gasteiger partial charge is 0.340 e. The van der Waals surface area contributed by atoms with Gasteiger partial charge in [0, 0.05) is 29.0 Å². The van der Waals surface area contributed by atoms with Crippen LogP contribution in [0.1, 0.15) is 0 Å². The minimum Gasteiger partial charge on any atom is -0.340 e. The molecule has 33 heavy (non-hydrogen) atoms. The zero-order valence-electron chi connectivity index (χ0n) is 16.9. The van der Waals surface area contributed by atoms with Crippen LogP contribution in [-0.4, -0.2) is 15.0 Å². The molecular weight excluding hydrogens is 449 g/mol. The molecule has 5 rings (SSSR count). The van der Waals surface area contributed by atoms with E-state index in [4.69, 9.17) is 11.6 Å². The van der Waals surface area contributed by atoms with Crippen LogP contribution in [0.3, 0.4) is 0 Å². The number of hydrogen-bond acceptors (Lipinski definition) is 4. The van der Waals surface area contributed by atoms with Crippen LogP contribution in [0.15, 0.2) is 79.1 Å². The second-order valence-corrected chi connectivity index (χ2v) is 7.66. The van der Waals surface area contributed by atoms with Crippen molar-refractivity contribution in [2.75, 3.05) is 5.32 Å². The summed E-state index contributed by atoms with van der Waals surface area (Å²) in [5.74, 6) is -1.49. The Balaban J connectivity index is 1.67. The predicted molar refractivity (Wildman–Crippen MR) is 123 cm³/mol. The van der Waals surface area contributed by atoms with Gasteiger partial charge in [-0.3, -0.25) is 4.98 Å². The molecule has 0 bridgehead atoms. The van der Waals surface area contributed by atoms with Crippen LogP contribution in [0.2, 0.25) is 5.02 Å². The number of nitrogens with zero attached hydrogens (tertiary/aromatic N) is 3. The Morgan fingerprint density at radius 2 is 1.52 bits per heavy atom. The van der Waals surface area contributed by atoms with Crippen LogP contribution in [0.25, 0.3) is 33.4 Å². The number of halogens is 4. The minimum absolute atomic E-state index is 0.0218. The number of nitrogens with one attached hydrogen (secondary N) is 1. The van der Waals surface area contributed by atoms with Crippen LogP contribution in [0, 0.1) is 17.5 Å². The first-order valence-electron chi connectivity index (χ1n) is 9.87. The van der Waals surface area contributed by atoms with Gasteiger partial charge in [-0.25, -0.2) is 23.1 Å². The lowest BCUT2D eigenvalue weighted by atomic mass is 10.0. The highest BCUT2D eigenvalue weighted by molar-refractivity contribution is 6.31. The first-order chi connectivity index (χ1) is 16.0. The standard InChI is InChI=1S/C25H14ClF3N4/c26-19-12-17(5-8-20(19)27)31-25-18-6-3-15(14-4-7-21(28)22(29)10-14)11-23(18)32-24(33-25)16-2-1-9-30-13-16/h1-13H,(H,31,32,33). The van der Waals surface area contributed by atoms with Crippen molar-refractivity contribution in [2.45, 2.75) is 0 Å². The van der Waals surface area contributed by atoms with E-state index in [2.05, 4.69) is 20.3 Å². The fourth-order valence-corrected chi connectivity index (χ4v) is 3.60. The van der Waals surface area contributed by atoms with Gasteiger partial charge in [-0.2, -0.15) is 0 Å². The molecule has 0 aliphatic rings. The molecule has 5 aromatic rings. The lowest BCUT2D eigenvalue weighted by molar-refractivity contribution is 0.509. The summed E-state index contributed by atoms with van der Waals surface area (Å²) < 4.78 is 40.7. The number of aromatic nitrogens is 3. The fourth-order valence-electron chi connectivity index (χ4n) is 3.41. The molecular formula is C25H14ClF3N4. The Morgan fingerprint density at radius 1 is 0.727 bits per heavy atom. The van der Waals surface area contributed by atoms with Gasteiger partial charge >= 0.3 is 0 Å². The zero-order chi connectivity index (χ0) is 22.9. The monoisotopic (exact) mass is 462 g/mol. The summed E-state index contributed by atoms with van der Waals surface area (Å²) >= 11 is 5.92. The Labute approximate surface area is 191 Å². The van der Waals surface area contributed by atoms with Crippen molar-refractivity contribution in [2.24, 2.45) is 0 Å². The molecule has 0 saturated carbocycles. The maximum absolute atomic E-state index is 13.8. The van der Waals surface area contributed by atoms with E-state index >= 15 is 0 Å². The average molecular weight is 463 g/mol. The van der Waals surface area contributed by atoms with Gasteiger partial charge in [-0.1, -0.05) is 23.7 Å². The van der Waals surface area contributed by atoms with Crippen molar-refractivity contribution >= 4 is 34.0 Å². The van der Waals surface area contributed by atoms with E-state index in [1.807, 2.05) is 6.07 Å². The van der Waals surface area contributed by atoms with E-state index in [-0.39, 0.29) is 5.02 Å². The number of fused-ring (bicyclic) bond motifs is 1. The van der Waals surface area contributed by atoms with E-state index in [9.17, 15) is 13.2 Å². The Bertz CT molecular complexity index is 1490. The van der Waals surface area contributed by atoms with Crippen molar-refractivity contribution < 1.29 is 13.2 Å². The third-order valence-electron chi connectivity index (χ3n) is 5.05. The summed E-state index contributed by atoms with van der Waals surface area (Å²) in [4.78, 5) is 13.4. The van der Waals surface area contributed by atoms with Crippen molar-refractivity contribution in [1.29, 1.82) is 0 Å². The lowest BCUT2D eigenvalue weighted by Crippen LogP contribution is -2.00. The van der Waals surface area contributed by atoms with Crippen molar-refractivity contribution in [3.05, 3.63) is 102 Å². The number of hydrogen-bond donors (Lipinski definition) is 1. The SMILES string of the molecule is Fc1ccc(-c2ccc3c(Nc4ccc(F)c(Cl)c4)nc(-c4cccnc4)nc3c2)cc1F. The van der Waals surface area contributed by atoms with Crippen molar-refractivity contribution in [1.82, 2.24) is 15.0 Å². The molecule has 162 valence electrons. The van der Waals surface area contributed by atoms with Gasteiger partial charge in [0.25, 0.3) is 0 Å². The molecule has 0 spiro atoms. The predicted octanol–water partition coefficient (Wildman–Crippen LogP) is 7.17. The molecule has 0 radical (unpaired) electrons.